The number of hydrogen-bond acceptors (Lipinski definition) is 0. The molecule has 0 nitrogen and oxygen atoms in total. The SMILES string of the molecule is C#CC1=CC=C2C=CC3=C(C#C)C=CC4=CC=C1C2C43. The summed E-state index contributed by atoms with van der Waals surface area (Å²) in [6, 6.07) is 0. The van der Waals surface area contributed by atoms with E-state index in [9.17, 15) is 0 Å². The fourth-order valence-electron chi connectivity index (χ4n) is 3.54. The van der Waals surface area contributed by atoms with Gasteiger partial charge in [0.25, 0.3) is 0 Å². The van der Waals surface area contributed by atoms with Crippen LogP contribution in [0, 0.1) is 36.5 Å². The third kappa shape index (κ3) is 1.29. The second-order valence-corrected chi connectivity index (χ2v) is 5.32. The van der Waals surface area contributed by atoms with E-state index in [4.69, 9.17) is 12.8 Å². The Labute approximate surface area is 119 Å². The molecule has 0 radical (unpaired) electrons. The van der Waals surface area contributed by atoms with Crippen molar-refractivity contribution in [2.75, 3.05) is 0 Å². The van der Waals surface area contributed by atoms with Gasteiger partial charge >= 0.3 is 0 Å². The molecule has 2 unspecified atom stereocenters. The van der Waals surface area contributed by atoms with E-state index in [1.54, 1.807) is 0 Å². The molecule has 20 heavy (non-hydrogen) atoms. The minimum Gasteiger partial charge on any atom is -0.115 e. The molecule has 0 aliphatic heterocycles. The Morgan fingerprint density at radius 1 is 0.750 bits per heavy atom. The lowest BCUT2D eigenvalue weighted by Gasteiger charge is -2.40. The summed E-state index contributed by atoms with van der Waals surface area (Å²) in [5.74, 6) is 6.25. The van der Waals surface area contributed by atoms with Crippen molar-refractivity contribution in [3.63, 3.8) is 0 Å². The molecule has 2 atom stereocenters. The summed E-state index contributed by atoms with van der Waals surface area (Å²) in [5, 5.41) is 0. The molecule has 0 saturated carbocycles. The first-order valence-electron chi connectivity index (χ1n) is 6.71. The predicted molar refractivity (Wildman–Crippen MR) is 82.3 cm³/mol. The minimum atomic E-state index is 0.319. The average molecular weight is 252 g/mol. The minimum absolute atomic E-state index is 0.319. The van der Waals surface area contributed by atoms with Crippen molar-refractivity contribution in [1.82, 2.24) is 0 Å². The molecular weight excluding hydrogens is 240 g/mol. The molecule has 0 amide bonds. The normalized spacial score (nSPS) is 28.5. The monoisotopic (exact) mass is 252 g/mol. The Balaban J connectivity index is 2.02. The average Bonchev–Trinajstić information content (AvgIpc) is 2.52. The maximum Gasteiger partial charge on any atom is 0.0281 e. The molecule has 4 aliphatic rings. The van der Waals surface area contributed by atoms with Gasteiger partial charge in [-0.2, -0.15) is 0 Å². The topological polar surface area (TPSA) is 0 Å². The summed E-state index contributed by atoms with van der Waals surface area (Å²) in [5.41, 5.74) is 7.10. The van der Waals surface area contributed by atoms with E-state index >= 15 is 0 Å². The molecule has 0 N–H and O–H groups in total. The first-order chi connectivity index (χ1) is 9.83. The van der Waals surface area contributed by atoms with Crippen molar-refractivity contribution in [3.8, 4) is 24.7 Å². The van der Waals surface area contributed by atoms with Crippen LogP contribution in [0.5, 0.6) is 0 Å². The van der Waals surface area contributed by atoms with Gasteiger partial charge in [-0.25, -0.2) is 0 Å². The standard InChI is InChI=1S/C20H12/c1-3-13-5-7-15-10-12-18-14(4-2)6-8-16-9-11-17(13)19(15)20(16)18/h1-2,5-12,19-20H. The maximum absolute atomic E-state index is 5.64. The van der Waals surface area contributed by atoms with E-state index in [0.717, 1.165) is 11.1 Å². The molecule has 0 heterocycles. The summed E-state index contributed by atoms with van der Waals surface area (Å²) in [4.78, 5) is 0. The summed E-state index contributed by atoms with van der Waals surface area (Å²) in [7, 11) is 0. The highest BCUT2D eigenvalue weighted by molar-refractivity contribution is 5.67. The fourth-order valence-corrected chi connectivity index (χ4v) is 3.54. The fraction of sp³-hybridized carbons (Fsp3) is 0.100. The van der Waals surface area contributed by atoms with Crippen LogP contribution < -0.4 is 0 Å². The highest BCUT2D eigenvalue weighted by atomic mass is 14.4. The van der Waals surface area contributed by atoms with Crippen LogP contribution in [0.25, 0.3) is 0 Å². The zero-order valence-corrected chi connectivity index (χ0v) is 10.9. The number of rotatable bonds is 0. The molecule has 0 aromatic heterocycles. The van der Waals surface area contributed by atoms with Crippen LogP contribution in [-0.2, 0) is 0 Å². The molecule has 0 fully saturated rings. The largest absolute Gasteiger partial charge is 0.115 e. The zero-order chi connectivity index (χ0) is 13.7. The van der Waals surface area contributed by atoms with Crippen LogP contribution in [0.15, 0.2) is 82.0 Å². The van der Waals surface area contributed by atoms with Crippen molar-refractivity contribution >= 4 is 0 Å². The van der Waals surface area contributed by atoms with Crippen LogP contribution in [-0.4, -0.2) is 0 Å². The summed E-state index contributed by atoms with van der Waals surface area (Å²) < 4.78 is 0. The number of hydrogen-bond donors (Lipinski definition) is 0. The third-order valence-corrected chi connectivity index (χ3v) is 4.45. The highest BCUT2D eigenvalue weighted by Crippen LogP contribution is 2.50. The van der Waals surface area contributed by atoms with E-state index in [0.29, 0.717) is 11.8 Å². The van der Waals surface area contributed by atoms with Crippen molar-refractivity contribution < 1.29 is 0 Å². The van der Waals surface area contributed by atoms with Gasteiger partial charge in [0.15, 0.2) is 0 Å². The van der Waals surface area contributed by atoms with Crippen LogP contribution in [0.4, 0.5) is 0 Å². The van der Waals surface area contributed by atoms with E-state index in [1.165, 1.54) is 22.3 Å². The van der Waals surface area contributed by atoms with Gasteiger partial charge in [-0.15, -0.1) is 12.8 Å². The van der Waals surface area contributed by atoms with Gasteiger partial charge in [0.05, 0.1) is 0 Å². The van der Waals surface area contributed by atoms with E-state index in [2.05, 4.69) is 48.3 Å². The van der Waals surface area contributed by atoms with Gasteiger partial charge in [-0.05, 0) is 34.4 Å². The quantitative estimate of drug-likeness (QED) is 0.577. The first-order valence-corrected chi connectivity index (χ1v) is 6.71. The van der Waals surface area contributed by atoms with Crippen molar-refractivity contribution in [2.45, 2.75) is 0 Å². The Morgan fingerprint density at radius 2 is 1.50 bits per heavy atom. The van der Waals surface area contributed by atoms with Gasteiger partial charge in [0.1, 0.15) is 0 Å². The van der Waals surface area contributed by atoms with E-state index in [-0.39, 0.29) is 0 Å². The Morgan fingerprint density at radius 3 is 2.30 bits per heavy atom. The Hall–Kier alpha value is -2.70. The molecule has 92 valence electrons. The summed E-state index contributed by atoms with van der Waals surface area (Å²) >= 11 is 0. The lowest BCUT2D eigenvalue weighted by atomic mass is 9.62. The highest BCUT2D eigenvalue weighted by Gasteiger charge is 2.39. The molecule has 0 bridgehead atoms. The Bertz CT molecular complexity index is 814. The Kier molecular flexibility index (Phi) is 2.17. The lowest BCUT2D eigenvalue weighted by molar-refractivity contribution is 0.559. The molecule has 0 heteroatoms. The van der Waals surface area contributed by atoms with Crippen molar-refractivity contribution in [2.24, 2.45) is 11.8 Å². The van der Waals surface area contributed by atoms with Crippen LogP contribution in [0.2, 0.25) is 0 Å². The molecule has 0 aromatic carbocycles. The predicted octanol–water partition coefficient (Wildman–Crippen LogP) is 3.65. The molecule has 0 aromatic rings. The molecule has 4 rings (SSSR count). The summed E-state index contributed by atoms with van der Waals surface area (Å²) in [6.07, 6.45) is 28.3. The molecule has 4 aliphatic carbocycles. The van der Waals surface area contributed by atoms with E-state index in [1.807, 2.05) is 12.2 Å². The van der Waals surface area contributed by atoms with Gasteiger partial charge in [-0.3, -0.25) is 0 Å². The van der Waals surface area contributed by atoms with Crippen molar-refractivity contribution in [1.29, 1.82) is 0 Å². The third-order valence-electron chi connectivity index (χ3n) is 4.45. The van der Waals surface area contributed by atoms with Crippen LogP contribution >= 0.6 is 0 Å². The van der Waals surface area contributed by atoms with E-state index < -0.39 is 0 Å². The maximum atomic E-state index is 5.64. The smallest absolute Gasteiger partial charge is 0.0281 e. The number of terminal acetylenes is 2. The number of allylic oxidation sites excluding steroid dienone is 14. The van der Waals surface area contributed by atoms with Crippen molar-refractivity contribution in [3.05, 3.63) is 82.0 Å². The molecular formula is C20H12. The lowest BCUT2D eigenvalue weighted by Crippen LogP contribution is -2.30. The van der Waals surface area contributed by atoms with Crippen LogP contribution in [0.1, 0.15) is 0 Å². The second kappa shape index (κ2) is 3.89. The van der Waals surface area contributed by atoms with Gasteiger partial charge in [-0.1, -0.05) is 48.3 Å². The second-order valence-electron chi connectivity index (χ2n) is 5.32. The van der Waals surface area contributed by atoms with Gasteiger partial charge < -0.3 is 0 Å². The van der Waals surface area contributed by atoms with Crippen LogP contribution in [0.3, 0.4) is 0 Å². The molecule has 0 saturated heterocycles. The molecule has 0 spiro atoms. The summed E-state index contributed by atoms with van der Waals surface area (Å²) in [6.45, 7) is 0. The van der Waals surface area contributed by atoms with Gasteiger partial charge in [0.2, 0.25) is 0 Å². The zero-order valence-electron chi connectivity index (χ0n) is 10.9. The first kappa shape index (κ1) is 11.2. The van der Waals surface area contributed by atoms with Gasteiger partial charge in [0, 0.05) is 23.0 Å².